The Labute approximate surface area is 207 Å². The van der Waals surface area contributed by atoms with Gasteiger partial charge in [-0.25, -0.2) is 0 Å². The molecule has 0 atom stereocenters. The molecule has 0 unspecified atom stereocenters. The Morgan fingerprint density at radius 3 is 2.29 bits per heavy atom. The number of benzene rings is 3. The Hall–Kier alpha value is -4.10. The molecule has 2 amide bonds. The third kappa shape index (κ3) is 5.20. The number of amides is 2. The van der Waals surface area contributed by atoms with E-state index in [0.29, 0.717) is 38.9 Å². The van der Waals surface area contributed by atoms with Crippen molar-refractivity contribution in [3.63, 3.8) is 0 Å². The van der Waals surface area contributed by atoms with Crippen LogP contribution in [0.2, 0.25) is 5.02 Å². The summed E-state index contributed by atoms with van der Waals surface area (Å²) in [6.07, 6.45) is 0.0424. The summed E-state index contributed by atoms with van der Waals surface area (Å²) in [4.78, 5) is 37.8. The molecule has 1 heterocycles. The Morgan fingerprint density at radius 1 is 0.943 bits per heavy atom. The number of carbonyl (C=O) groups excluding carboxylic acids is 3. The molecule has 0 fully saturated rings. The van der Waals surface area contributed by atoms with Crippen LogP contribution in [0, 0.1) is 6.92 Å². The Bertz CT molecular complexity index is 1440. The van der Waals surface area contributed by atoms with Gasteiger partial charge in [0.1, 0.15) is 5.75 Å². The first-order valence-corrected chi connectivity index (χ1v) is 11.3. The van der Waals surface area contributed by atoms with Crippen LogP contribution < -0.4 is 15.4 Å². The van der Waals surface area contributed by atoms with Crippen molar-refractivity contribution < 1.29 is 19.1 Å². The number of fused-ring (bicyclic) bond motifs is 1. The Balaban J connectivity index is 1.69. The summed E-state index contributed by atoms with van der Waals surface area (Å²) in [7, 11) is 1.57. The quantitative estimate of drug-likeness (QED) is 0.377. The molecular formula is C27H24ClN3O4. The monoisotopic (exact) mass is 489 g/mol. The molecule has 0 aliphatic heterocycles. The zero-order valence-electron chi connectivity index (χ0n) is 19.5. The third-order valence-electron chi connectivity index (χ3n) is 5.64. The van der Waals surface area contributed by atoms with Gasteiger partial charge in [-0.2, -0.15) is 0 Å². The molecule has 2 N–H and O–H groups in total. The molecule has 0 spiro atoms. The van der Waals surface area contributed by atoms with E-state index in [9.17, 15) is 14.4 Å². The third-order valence-corrected chi connectivity index (χ3v) is 5.89. The number of aromatic nitrogens is 1. The van der Waals surface area contributed by atoms with Crippen LogP contribution in [0.5, 0.6) is 5.75 Å². The fourth-order valence-electron chi connectivity index (χ4n) is 4.04. The SMILES string of the molecule is COc1ccc2c(c1)c(CC(=O)Nc1cccc(NC(C)=O)c1)c(C)n2C(=O)c1ccc(Cl)cc1. The smallest absolute Gasteiger partial charge is 0.262 e. The van der Waals surface area contributed by atoms with Gasteiger partial charge in [0.2, 0.25) is 11.8 Å². The highest BCUT2D eigenvalue weighted by Crippen LogP contribution is 2.31. The maximum atomic E-state index is 13.4. The molecule has 7 nitrogen and oxygen atoms in total. The largest absolute Gasteiger partial charge is 0.497 e. The van der Waals surface area contributed by atoms with Crippen molar-refractivity contribution >= 4 is 51.6 Å². The maximum absolute atomic E-state index is 13.4. The van der Waals surface area contributed by atoms with E-state index in [1.807, 2.05) is 19.1 Å². The van der Waals surface area contributed by atoms with Crippen LogP contribution in [0.4, 0.5) is 11.4 Å². The molecule has 1 aromatic heterocycles. The lowest BCUT2D eigenvalue weighted by atomic mass is 10.1. The number of nitrogens with zero attached hydrogens (tertiary/aromatic N) is 1. The predicted molar refractivity (Wildman–Crippen MR) is 137 cm³/mol. The van der Waals surface area contributed by atoms with E-state index >= 15 is 0 Å². The van der Waals surface area contributed by atoms with Gasteiger partial charge in [0.15, 0.2) is 0 Å². The number of ether oxygens (including phenoxy) is 1. The second-order valence-corrected chi connectivity index (χ2v) is 8.52. The molecular weight excluding hydrogens is 466 g/mol. The van der Waals surface area contributed by atoms with Crippen molar-refractivity contribution in [2.45, 2.75) is 20.3 Å². The van der Waals surface area contributed by atoms with E-state index in [4.69, 9.17) is 16.3 Å². The lowest BCUT2D eigenvalue weighted by Crippen LogP contribution is -2.17. The van der Waals surface area contributed by atoms with Crippen molar-refractivity contribution in [2.75, 3.05) is 17.7 Å². The van der Waals surface area contributed by atoms with Crippen molar-refractivity contribution in [3.8, 4) is 5.75 Å². The predicted octanol–water partition coefficient (Wildman–Crippen LogP) is 5.44. The minimum absolute atomic E-state index is 0.0424. The molecule has 3 aromatic carbocycles. The lowest BCUT2D eigenvalue weighted by molar-refractivity contribution is -0.115. The fourth-order valence-corrected chi connectivity index (χ4v) is 4.17. The molecule has 0 aliphatic rings. The van der Waals surface area contributed by atoms with Crippen molar-refractivity contribution in [2.24, 2.45) is 0 Å². The van der Waals surface area contributed by atoms with Gasteiger partial charge in [0.05, 0.1) is 19.0 Å². The summed E-state index contributed by atoms with van der Waals surface area (Å²) in [5.74, 6) is -0.0487. The summed E-state index contributed by atoms with van der Waals surface area (Å²) < 4.78 is 7.00. The zero-order chi connectivity index (χ0) is 25.1. The van der Waals surface area contributed by atoms with Gasteiger partial charge in [-0.1, -0.05) is 17.7 Å². The molecule has 4 aromatic rings. The van der Waals surface area contributed by atoms with Crippen LogP contribution in [0.15, 0.2) is 66.7 Å². The molecule has 8 heteroatoms. The van der Waals surface area contributed by atoms with Gasteiger partial charge in [0.25, 0.3) is 5.91 Å². The highest BCUT2D eigenvalue weighted by atomic mass is 35.5. The average Bonchev–Trinajstić information content (AvgIpc) is 3.09. The Morgan fingerprint density at radius 2 is 1.63 bits per heavy atom. The van der Waals surface area contributed by atoms with E-state index in [2.05, 4.69) is 10.6 Å². The van der Waals surface area contributed by atoms with E-state index in [0.717, 1.165) is 10.9 Å². The first-order chi connectivity index (χ1) is 16.8. The number of hydrogen-bond acceptors (Lipinski definition) is 4. The summed E-state index contributed by atoms with van der Waals surface area (Å²) in [6.45, 7) is 3.24. The average molecular weight is 490 g/mol. The normalized spacial score (nSPS) is 10.7. The van der Waals surface area contributed by atoms with Crippen LogP contribution in [0.3, 0.4) is 0 Å². The second kappa shape index (κ2) is 10.0. The number of anilines is 2. The van der Waals surface area contributed by atoms with E-state index < -0.39 is 0 Å². The number of rotatable bonds is 6. The van der Waals surface area contributed by atoms with Gasteiger partial charge in [-0.15, -0.1) is 0 Å². The first kappa shape index (κ1) is 24.0. The van der Waals surface area contributed by atoms with Gasteiger partial charge >= 0.3 is 0 Å². The molecule has 0 saturated heterocycles. The van der Waals surface area contributed by atoms with Crippen LogP contribution in [-0.4, -0.2) is 29.4 Å². The molecule has 0 saturated carbocycles. The maximum Gasteiger partial charge on any atom is 0.262 e. The first-order valence-electron chi connectivity index (χ1n) is 10.9. The molecule has 0 radical (unpaired) electrons. The molecule has 0 aliphatic carbocycles. The topological polar surface area (TPSA) is 89.4 Å². The number of hydrogen-bond donors (Lipinski definition) is 2. The molecule has 35 heavy (non-hydrogen) atoms. The number of methoxy groups -OCH3 is 1. The number of carbonyl (C=O) groups is 3. The summed E-state index contributed by atoms with van der Waals surface area (Å²) in [5.41, 5.74) is 3.68. The van der Waals surface area contributed by atoms with Gasteiger partial charge in [-0.05, 0) is 73.2 Å². The van der Waals surface area contributed by atoms with E-state index in [-0.39, 0.29) is 24.1 Å². The lowest BCUT2D eigenvalue weighted by Gasteiger charge is -2.09. The zero-order valence-corrected chi connectivity index (χ0v) is 20.3. The van der Waals surface area contributed by atoms with Gasteiger partial charge in [-0.3, -0.25) is 19.0 Å². The highest BCUT2D eigenvalue weighted by molar-refractivity contribution is 6.30. The van der Waals surface area contributed by atoms with E-state index in [1.54, 1.807) is 66.3 Å². The second-order valence-electron chi connectivity index (χ2n) is 8.08. The summed E-state index contributed by atoms with van der Waals surface area (Å²) >= 11 is 5.99. The summed E-state index contributed by atoms with van der Waals surface area (Å²) in [5, 5.41) is 6.86. The number of halogens is 1. The molecule has 178 valence electrons. The Kier molecular flexibility index (Phi) is 6.89. The number of nitrogens with one attached hydrogen (secondary N) is 2. The minimum atomic E-state index is -0.256. The van der Waals surface area contributed by atoms with Crippen LogP contribution >= 0.6 is 11.6 Å². The van der Waals surface area contributed by atoms with E-state index in [1.165, 1.54) is 6.92 Å². The summed E-state index contributed by atoms with van der Waals surface area (Å²) in [6, 6.07) is 19.0. The van der Waals surface area contributed by atoms with Crippen molar-refractivity contribution in [3.05, 3.63) is 88.6 Å². The van der Waals surface area contributed by atoms with Crippen molar-refractivity contribution in [1.29, 1.82) is 0 Å². The van der Waals surface area contributed by atoms with Crippen LogP contribution in [0.1, 0.15) is 28.5 Å². The fraction of sp³-hybridized carbons (Fsp3) is 0.148. The van der Waals surface area contributed by atoms with Crippen LogP contribution in [0.25, 0.3) is 10.9 Å². The molecule has 4 rings (SSSR count). The molecule has 0 bridgehead atoms. The van der Waals surface area contributed by atoms with Crippen LogP contribution in [-0.2, 0) is 16.0 Å². The van der Waals surface area contributed by atoms with Gasteiger partial charge < -0.3 is 15.4 Å². The van der Waals surface area contributed by atoms with Crippen molar-refractivity contribution in [1.82, 2.24) is 4.57 Å². The minimum Gasteiger partial charge on any atom is -0.497 e. The highest BCUT2D eigenvalue weighted by Gasteiger charge is 2.22. The van der Waals surface area contributed by atoms with Gasteiger partial charge in [0, 0.05) is 40.0 Å². The standard InChI is InChI=1S/C27H24ClN3O4/c1-16-23(15-26(33)30-21-6-4-5-20(13-21)29-17(2)32)24-14-22(35-3)11-12-25(24)31(16)27(34)18-7-9-19(28)10-8-18/h4-14H,15H2,1-3H3,(H,29,32)(H,30,33).